The Bertz CT molecular complexity index is 1230. The molecule has 0 atom stereocenters. The lowest BCUT2D eigenvalue weighted by atomic mass is 9.87. The molecule has 3 rings (SSSR count). The van der Waals surface area contributed by atoms with Crippen LogP contribution in [0.4, 0.5) is 5.69 Å². The van der Waals surface area contributed by atoms with Gasteiger partial charge in [0.05, 0.1) is 17.1 Å². The molecule has 0 fully saturated rings. The lowest BCUT2D eigenvalue weighted by Gasteiger charge is -2.24. The second-order valence-corrected chi connectivity index (χ2v) is 11.6. The number of benzene rings is 3. The van der Waals surface area contributed by atoms with Crippen molar-refractivity contribution in [2.24, 2.45) is 0 Å². The SMILES string of the molecule is Cc1ccc(S(=O)(=O)N(CC(=O)NCCOc2ccc(C(C)(C)C)cc2)c2ccc(Cl)cc2)cc1. The molecule has 6 nitrogen and oxygen atoms in total. The Morgan fingerprint density at radius 3 is 2.11 bits per heavy atom. The minimum absolute atomic E-state index is 0.0569. The van der Waals surface area contributed by atoms with E-state index in [1.165, 1.54) is 17.7 Å². The number of carbonyl (C=O) groups excluding carboxylic acids is 1. The molecule has 0 radical (unpaired) electrons. The number of carbonyl (C=O) groups is 1. The molecule has 186 valence electrons. The fraction of sp³-hybridized carbons (Fsp3) is 0.296. The number of ether oxygens (including phenoxy) is 1. The van der Waals surface area contributed by atoms with Crippen LogP contribution in [0.25, 0.3) is 0 Å². The van der Waals surface area contributed by atoms with Gasteiger partial charge >= 0.3 is 0 Å². The number of amides is 1. The Labute approximate surface area is 212 Å². The first kappa shape index (κ1) is 26.6. The van der Waals surface area contributed by atoms with Crippen molar-refractivity contribution >= 4 is 33.2 Å². The predicted molar refractivity (Wildman–Crippen MR) is 141 cm³/mol. The number of sulfonamides is 1. The number of nitrogens with one attached hydrogen (secondary N) is 1. The van der Waals surface area contributed by atoms with Gasteiger partial charge in [-0.3, -0.25) is 9.10 Å². The maximum atomic E-state index is 13.4. The summed E-state index contributed by atoms with van der Waals surface area (Å²) in [6, 6.07) is 20.7. The number of aryl methyl sites for hydroxylation is 1. The molecule has 3 aromatic carbocycles. The second-order valence-electron chi connectivity index (χ2n) is 9.27. The average molecular weight is 515 g/mol. The van der Waals surface area contributed by atoms with Crippen LogP contribution in [0, 0.1) is 6.92 Å². The molecule has 0 bridgehead atoms. The molecule has 0 aliphatic carbocycles. The third-order valence-corrected chi connectivity index (χ3v) is 7.46. The van der Waals surface area contributed by atoms with E-state index >= 15 is 0 Å². The van der Waals surface area contributed by atoms with Crippen molar-refractivity contribution in [3.63, 3.8) is 0 Å². The van der Waals surface area contributed by atoms with E-state index in [0.717, 1.165) is 9.87 Å². The summed E-state index contributed by atoms with van der Waals surface area (Å²) in [5.74, 6) is 0.263. The number of hydrogen-bond donors (Lipinski definition) is 1. The van der Waals surface area contributed by atoms with Gasteiger partial charge in [0.15, 0.2) is 0 Å². The fourth-order valence-corrected chi connectivity index (χ4v) is 4.90. The largest absolute Gasteiger partial charge is 0.492 e. The second kappa shape index (κ2) is 11.1. The van der Waals surface area contributed by atoms with E-state index in [1.807, 2.05) is 31.2 Å². The van der Waals surface area contributed by atoms with Crippen LogP contribution in [0.2, 0.25) is 5.02 Å². The maximum Gasteiger partial charge on any atom is 0.264 e. The van der Waals surface area contributed by atoms with Crippen LogP contribution in [0.1, 0.15) is 31.9 Å². The van der Waals surface area contributed by atoms with E-state index in [9.17, 15) is 13.2 Å². The first-order chi connectivity index (χ1) is 16.5. The highest BCUT2D eigenvalue weighted by molar-refractivity contribution is 7.92. The number of nitrogens with zero attached hydrogens (tertiary/aromatic N) is 1. The number of rotatable bonds is 9. The molecule has 0 aliphatic heterocycles. The number of hydrogen-bond acceptors (Lipinski definition) is 4. The highest BCUT2D eigenvalue weighted by Crippen LogP contribution is 2.26. The molecule has 0 aromatic heterocycles. The molecule has 0 saturated heterocycles. The average Bonchev–Trinajstić information content (AvgIpc) is 2.81. The summed E-state index contributed by atoms with van der Waals surface area (Å²) < 4.78 is 33.5. The zero-order chi connectivity index (χ0) is 25.6. The molecule has 0 heterocycles. The summed E-state index contributed by atoms with van der Waals surface area (Å²) in [6.07, 6.45) is 0. The molecule has 35 heavy (non-hydrogen) atoms. The summed E-state index contributed by atoms with van der Waals surface area (Å²) in [6.45, 7) is 8.42. The van der Waals surface area contributed by atoms with E-state index in [4.69, 9.17) is 16.3 Å². The Kier molecular flexibility index (Phi) is 8.46. The normalized spacial score (nSPS) is 11.7. The molecule has 3 aromatic rings. The summed E-state index contributed by atoms with van der Waals surface area (Å²) in [7, 11) is -3.97. The summed E-state index contributed by atoms with van der Waals surface area (Å²) >= 11 is 5.98. The van der Waals surface area contributed by atoms with Gasteiger partial charge in [0.2, 0.25) is 5.91 Å². The monoisotopic (exact) mass is 514 g/mol. The fourth-order valence-electron chi connectivity index (χ4n) is 3.36. The lowest BCUT2D eigenvalue weighted by Crippen LogP contribution is -2.41. The summed E-state index contributed by atoms with van der Waals surface area (Å²) in [5.41, 5.74) is 2.55. The van der Waals surface area contributed by atoms with Gasteiger partial charge in [-0.1, -0.05) is 62.2 Å². The van der Waals surface area contributed by atoms with Crippen molar-refractivity contribution in [3.8, 4) is 5.75 Å². The number of anilines is 1. The zero-order valence-electron chi connectivity index (χ0n) is 20.4. The van der Waals surface area contributed by atoms with Crippen LogP contribution in [-0.2, 0) is 20.2 Å². The minimum Gasteiger partial charge on any atom is -0.492 e. The molecular formula is C27H31ClN2O4S. The van der Waals surface area contributed by atoms with Gasteiger partial charge in [-0.15, -0.1) is 0 Å². The standard InChI is InChI=1S/C27H31ClN2O4S/c1-20-5-15-25(16-6-20)35(32,33)30(23-11-9-22(28)10-12-23)19-26(31)29-17-18-34-24-13-7-21(8-14-24)27(2,3)4/h5-16H,17-19H2,1-4H3,(H,29,31). The van der Waals surface area contributed by atoms with Crippen LogP contribution < -0.4 is 14.4 Å². The molecule has 8 heteroatoms. The summed E-state index contributed by atoms with van der Waals surface area (Å²) in [5, 5.41) is 3.21. The Morgan fingerprint density at radius 1 is 0.943 bits per heavy atom. The minimum atomic E-state index is -3.97. The van der Waals surface area contributed by atoms with Gasteiger partial charge in [-0.2, -0.15) is 0 Å². The zero-order valence-corrected chi connectivity index (χ0v) is 22.0. The van der Waals surface area contributed by atoms with Gasteiger partial charge in [0.1, 0.15) is 18.9 Å². The maximum absolute atomic E-state index is 13.4. The van der Waals surface area contributed by atoms with Crippen molar-refractivity contribution in [2.75, 3.05) is 24.0 Å². The Morgan fingerprint density at radius 2 is 1.54 bits per heavy atom. The Balaban J connectivity index is 1.64. The van der Waals surface area contributed by atoms with Crippen molar-refractivity contribution in [1.29, 1.82) is 0 Å². The first-order valence-electron chi connectivity index (χ1n) is 11.3. The van der Waals surface area contributed by atoms with E-state index < -0.39 is 15.9 Å². The first-order valence-corrected chi connectivity index (χ1v) is 13.1. The van der Waals surface area contributed by atoms with E-state index in [2.05, 4.69) is 26.1 Å². The molecule has 1 amide bonds. The van der Waals surface area contributed by atoms with Gasteiger partial charge in [-0.05, 0) is 66.4 Å². The topological polar surface area (TPSA) is 75.7 Å². The molecular weight excluding hydrogens is 484 g/mol. The summed E-state index contributed by atoms with van der Waals surface area (Å²) in [4.78, 5) is 12.8. The van der Waals surface area contributed by atoms with Crippen LogP contribution in [0.3, 0.4) is 0 Å². The van der Waals surface area contributed by atoms with E-state index in [-0.39, 0.29) is 30.0 Å². The molecule has 0 unspecified atom stereocenters. The predicted octanol–water partition coefficient (Wildman–Crippen LogP) is 5.34. The van der Waals surface area contributed by atoms with Crippen LogP contribution >= 0.6 is 11.6 Å². The van der Waals surface area contributed by atoms with E-state index in [1.54, 1.807) is 36.4 Å². The molecule has 0 saturated carbocycles. The molecule has 0 spiro atoms. The van der Waals surface area contributed by atoms with Gasteiger partial charge in [-0.25, -0.2) is 8.42 Å². The quantitative estimate of drug-likeness (QED) is 0.391. The van der Waals surface area contributed by atoms with Crippen LogP contribution in [0.15, 0.2) is 77.7 Å². The molecule has 1 N–H and O–H groups in total. The van der Waals surface area contributed by atoms with Crippen molar-refractivity contribution in [1.82, 2.24) is 5.32 Å². The Hall–Kier alpha value is -3.03. The highest BCUT2D eigenvalue weighted by atomic mass is 35.5. The third-order valence-electron chi connectivity index (χ3n) is 5.42. The number of halogens is 1. The van der Waals surface area contributed by atoms with Crippen LogP contribution in [0.5, 0.6) is 5.75 Å². The van der Waals surface area contributed by atoms with Crippen LogP contribution in [-0.4, -0.2) is 34.0 Å². The van der Waals surface area contributed by atoms with Gasteiger partial charge in [0.25, 0.3) is 10.0 Å². The third kappa shape index (κ3) is 7.23. The van der Waals surface area contributed by atoms with E-state index in [0.29, 0.717) is 16.5 Å². The van der Waals surface area contributed by atoms with Crippen molar-refractivity contribution < 1.29 is 17.9 Å². The highest BCUT2D eigenvalue weighted by Gasteiger charge is 2.27. The van der Waals surface area contributed by atoms with Gasteiger partial charge < -0.3 is 10.1 Å². The lowest BCUT2D eigenvalue weighted by molar-refractivity contribution is -0.119. The van der Waals surface area contributed by atoms with Crippen molar-refractivity contribution in [2.45, 2.75) is 38.0 Å². The van der Waals surface area contributed by atoms with Crippen molar-refractivity contribution in [3.05, 3.63) is 88.9 Å². The molecule has 0 aliphatic rings. The smallest absolute Gasteiger partial charge is 0.264 e. The van der Waals surface area contributed by atoms with Gasteiger partial charge in [0, 0.05) is 5.02 Å².